The van der Waals surface area contributed by atoms with E-state index in [0.717, 1.165) is 4.47 Å². The number of anilines is 1. The Bertz CT molecular complexity index is 542. The van der Waals surface area contributed by atoms with Crippen LogP contribution in [0.4, 0.5) is 10.5 Å². The topological polar surface area (TPSA) is 78.9 Å². The number of carbonyl (C=O) groups excluding carboxylic acids is 1. The lowest BCUT2D eigenvalue weighted by Gasteiger charge is -2.30. The number of halogens is 1. The number of aliphatic carboxylic acids is 1. The molecule has 1 aromatic rings. The van der Waals surface area contributed by atoms with Crippen molar-refractivity contribution in [3.05, 3.63) is 22.7 Å². The summed E-state index contributed by atoms with van der Waals surface area (Å²) in [5.41, 5.74) is 0.654. The predicted molar refractivity (Wildman–Crippen MR) is 81.6 cm³/mol. The van der Waals surface area contributed by atoms with Crippen LogP contribution in [0, 0.1) is 5.92 Å². The molecule has 2 N–H and O–H groups in total. The van der Waals surface area contributed by atoms with Crippen LogP contribution in [-0.2, 0) is 4.79 Å². The van der Waals surface area contributed by atoms with Gasteiger partial charge in [0, 0.05) is 17.6 Å². The Morgan fingerprint density at radius 2 is 2.05 bits per heavy atom. The van der Waals surface area contributed by atoms with Gasteiger partial charge in [-0.1, -0.05) is 0 Å². The molecule has 21 heavy (non-hydrogen) atoms. The van der Waals surface area contributed by atoms with Crippen LogP contribution >= 0.6 is 15.9 Å². The van der Waals surface area contributed by atoms with Gasteiger partial charge in [-0.2, -0.15) is 0 Å². The summed E-state index contributed by atoms with van der Waals surface area (Å²) in [4.78, 5) is 24.7. The molecule has 6 nitrogen and oxygen atoms in total. The molecule has 114 valence electrons. The van der Waals surface area contributed by atoms with Crippen molar-refractivity contribution in [3.8, 4) is 5.75 Å². The number of benzene rings is 1. The Kier molecular flexibility index (Phi) is 5.06. The number of likely N-dealkylation sites (tertiary alicyclic amines) is 1. The molecule has 0 unspecified atom stereocenters. The van der Waals surface area contributed by atoms with E-state index in [4.69, 9.17) is 9.84 Å². The third kappa shape index (κ3) is 3.87. The minimum absolute atomic E-state index is 0.218. The molecule has 0 bridgehead atoms. The number of rotatable bonds is 3. The number of carbonyl (C=O) groups is 2. The first kappa shape index (κ1) is 15.6. The Hall–Kier alpha value is -1.76. The highest BCUT2D eigenvalue weighted by Gasteiger charge is 2.27. The maximum absolute atomic E-state index is 12.2. The van der Waals surface area contributed by atoms with Crippen molar-refractivity contribution in [1.82, 2.24) is 4.90 Å². The first-order valence-electron chi connectivity index (χ1n) is 6.63. The summed E-state index contributed by atoms with van der Waals surface area (Å²) >= 11 is 3.38. The molecule has 2 rings (SSSR count). The number of carboxylic acid groups (broad SMARTS) is 1. The van der Waals surface area contributed by atoms with Gasteiger partial charge in [0.2, 0.25) is 0 Å². The molecular weight excluding hydrogens is 340 g/mol. The second-order valence-electron chi connectivity index (χ2n) is 4.88. The molecule has 0 atom stereocenters. The number of carboxylic acids is 1. The van der Waals surface area contributed by atoms with E-state index in [0.29, 0.717) is 37.4 Å². The molecule has 1 saturated heterocycles. The van der Waals surface area contributed by atoms with Gasteiger partial charge < -0.3 is 20.1 Å². The smallest absolute Gasteiger partial charge is 0.321 e. The van der Waals surface area contributed by atoms with E-state index in [-0.39, 0.29) is 11.9 Å². The lowest BCUT2D eigenvalue weighted by Crippen LogP contribution is -2.42. The number of ether oxygens (including phenoxy) is 1. The molecule has 1 fully saturated rings. The van der Waals surface area contributed by atoms with Crippen LogP contribution in [0.3, 0.4) is 0 Å². The van der Waals surface area contributed by atoms with E-state index >= 15 is 0 Å². The van der Waals surface area contributed by atoms with E-state index in [1.54, 1.807) is 30.2 Å². The van der Waals surface area contributed by atoms with Crippen LogP contribution in [0.15, 0.2) is 22.7 Å². The van der Waals surface area contributed by atoms with E-state index < -0.39 is 5.97 Å². The van der Waals surface area contributed by atoms with Crippen LogP contribution in [0.5, 0.6) is 5.75 Å². The van der Waals surface area contributed by atoms with Gasteiger partial charge in [-0.05, 0) is 47.0 Å². The second kappa shape index (κ2) is 6.80. The molecule has 1 aliphatic heterocycles. The molecule has 2 amide bonds. The number of nitrogens with zero attached hydrogens (tertiary/aromatic N) is 1. The summed E-state index contributed by atoms with van der Waals surface area (Å²) in [6.07, 6.45) is 0.985. The molecular formula is C14H17BrN2O4. The van der Waals surface area contributed by atoms with Crippen molar-refractivity contribution in [1.29, 1.82) is 0 Å². The first-order valence-corrected chi connectivity index (χ1v) is 7.43. The summed E-state index contributed by atoms with van der Waals surface area (Å²) in [6.45, 7) is 0.910. The Morgan fingerprint density at radius 3 is 2.57 bits per heavy atom. The molecule has 1 heterocycles. The van der Waals surface area contributed by atoms with Crippen molar-refractivity contribution in [2.45, 2.75) is 12.8 Å². The van der Waals surface area contributed by atoms with Crippen LogP contribution < -0.4 is 10.1 Å². The summed E-state index contributed by atoms with van der Waals surface area (Å²) in [5, 5.41) is 11.8. The molecule has 1 aliphatic rings. The van der Waals surface area contributed by atoms with Crippen LogP contribution in [-0.4, -0.2) is 42.2 Å². The summed E-state index contributed by atoms with van der Waals surface area (Å²) in [5.74, 6) is -0.433. The number of urea groups is 1. The van der Waals surface area contributed by atoms with Crippen LogP contribution in [0.2, 0.25) is 0 Å². The lowest BCUT2D eigenvalue weighted by molar-refractivity contribution is -0.143. The summed E-state index contributed by atoms with van der Waals surface area (Å²) in [7, 11) is 1.58. The maximum atomic E-state index is 12.2. The number of nitrogens with one attached hydrogen (secondary N) is 1. The van der Waals surface area contributed by atoms with Crippen molar-refractivity contribution in [3.63, 3.8) is 0 Å². The average molecular weight is 357 g/mol. The second-order valence-corrected chi connectivity index (χ2v) is 5.73. The van der Waals surface area contributed by atoms with Crippen molar-refractivity contribution < 1.29 is 19.4 Å². The Labute approximate surface area is 131 Å². The van der Waals surface area contributed by atoms with Gasteiger partial charge in [-0.25, -0.2) is 4.79 Å². The fraction of sp³-hybridized carbons (Fsp3) is 0.429. The van der Waals surface area contributed by atoms with Crippen LogP contribution in [0.1, 0.15) is 12.8 Å². The van der Waals surface area contributed by atoms with Crippen molar-refractivity contribution in [2.75, 3.05) is 25.5 Å². The Balaban J connectivity index is 1.95. The summed E-state index contributed by atoms with van der Waals surface area (Å²) in [6, 6.07) is 5.07. The number of amides is 2. The molecule has 7 heteroatoms. The van der Waals surface area contributed by atoms with Gasteiger partial charge in [-0.15, -0.1) is 0 Å². The summed E-state index contributed by atoms with van der Waals surface area (Å²) < 4.78 is 5.83. The van der Waals surface area contributed by atoms with E-state index in [1.165, 1.54) is 0 Å². The highest BCUT2D eigenvalue weighted by atomic mass is 79.9. The zero-order chi connectivity index (χ0) is 15.4. The lowest BCUT2D eigenvalue weighted by atomic mass is 9.97. The number of hydrogen-bond acceptors (Lipinski definition) is 3. The quantitative estimate of drug-likeness (QED) is 0.872. The molecule has 0 aliphatic carbocycles. The van der Waals surface area contributed by atoms with Gasteiger partial charge >= 0.3 is 12.0 Å². The van der Waals surface area contributed by atoms with Gasteiger partial charge in [0.1, 0.15) is 5.75 Å². The number of methoxy groups -OCH3 is 1. The third-order valence-corrected chi connectivity index (χ3v) is 4.21. The highest BCUT2D eigenvalue weighted by molar-refractivity contribution is 9.10. The molecule has 1 aromatic carbocycles. The van der Waals surface area contributed by atoms with E-state index in [1.807, 2.05) is 0 Å². The SMILES string of the molecule is COc1ccc(NC(=O)N2CCC(C(=O)O)CC2)c(Br)c1. The molecule has 0 aromatic heterocycles. The van der Waals surface area contributed by atoms with Crippen molar-refractivity contribution >= 4 is 33.6 Å². The largest absolute Gasteiger partial charge is 0.497 e. The zero-order valence-electron chi connectivity index (χ0n) is 11.6. The minimum Gasteiger partial charge on any atom is -0.497 e. The van der Waals surface area contributed by atoms with E-state index in [9.17, 15) is 9.59 Å². The first-order chi connectivity index (χ1) is 10.0. The standard InChI is InChI=1S/C14H17BrN2O4/c1-21-10-2-3-12(11(15)8-10)16-14(20)17-6-4-9(5-7-17)13(18)19/h2-3,8-9H,4-7H2,1H3,(H,16,20)(H,18,19). The predicted octanol–water partition coefficient (Wildman–Crippen LogP) is 2.79. The Morgan fingerprint density at radius 1 is 1.38 bits per heavy atom. The normalized spacial score (nSPS) is 15.6. The highest BCUT2D eigenvalue weighted by Crippen LogP contribution is 2.27. The van der Waals surface area contributed by atoms with E-state index in [2.05, 4.69) is 21.2 Å². The van der Waals surface area contributed by atoms with Crippen molar-refractivity contribution in [2.24, 2.45) is 5.92 Å². The molecule has 0 spiro atoms. The van der Waals surface area contributed by atoms with Gasteiger partial charge in [-0.3, -0.25) is 4.79 Å². The van der Waals surface area contributed by atoms with Crippen LogP contribution in [0.25, 0.3) is 0 Å². The molecule has 0 radical (unpaired) electrons. The fourth-order valence-corrected chi connectivity index (χ4v) is 2.70. The van der Waals surface area contributed by atoms with Gasteiger partial charge in [0.15, 0.2) is 0 Å². The zero-order valence-corrected chi connectivity index (χ0v) is 13.2. The monoisotopic (exact) mass is 356 g/mol. The number of hydrogen-bond donors (Lipinski definition) is 2. The molecule has 0 saturated carbocycles. The number of piperidine rings is 1. The van der Waals surface area contributed by atoms with Gasteiger partial charge in [0.05, 0.1) is 18.7 Å². The average Bonchev–Trinajstić information content (AvgIpc) is 2.49. The fourth-order valence-electron chi connectivity index (χ4n) is 2.25. The van der Waals surface area contributed by atoms with Gasteiger partial charge in [0.25, 0.3) is 0 Å². The minimum atomic E-state index is -0.784. The third-order valence-electron chi connectivity index (χ3n) is 3.55. The maximum Gasteiger partial charge on any atom is 0.321 e.